The van der Waals surface area contributed by atoms with Gasteiger partial charge in [-0.05, 0) is 80.6 Å². The van der Waals surface area contributed by atoms with Crippen LogP contribution < -0.4 is 47.2 Å². The molecule has 0 fully saturated rings. The molecule has 0 unspecified atom stereocenters. The maximum Gasteiger partial charge on any atom is 0.471 e. The standard InChI is InChI=1S/C49H66F3N5O5/c1-4-16-59-44-32-20-34-26-41(54)28-36(45(34)60-17-5-2)22-38-30-43(56)31-39(47(38)62-19-14-12-10-8-7-9-11-13-15-57-48(58)49(50,51)52)23-37-29-42(55)27-35(46(37)61-18-6-3)21-33(44)25-40(53)24-32/h24-31H,4-23,53-56H2,1-3H3,(H,57,58). The van der Waals surface area contributed by atoms with Crippen molar-refractivity contribution >= 4 is 28.7 Å². The molecule has 0 aliphatic heterocycles. The minimum Gasteiger partial charge on any atom is -0.493 e. The summed E-state index contributed by atoms with van der Waals surface area (Å²) in [7, 11) is 0. The molecule has 0 spiro atoms. The minimum absolute atomic E-state index is 0.0294. The van der Waals surface area contributed by atoms with Crippen LogP contribution in [0.2, 0.25) is 0 Å². The van der Waals surface area contributed by atoms with E-state index in [-0.39, 0.29) is 6.54 Å². The Morgan fingerprint density at radius 2 is 0.726 bits per heavy atom. The van der Waals surface area contributed by atoms with E-state index in [2.05, 4.69) is 20.8 Å². The van der Waals surface area contributed by atoms with Crippen LogP contribution in [0.4, 0.5) is 35.9 Å². The second kappa shape index (κ2) is 23.1. The van der Waals surface area contributed by atoms with E-state index in [4.69, 9.17) is 41.9 Å². The van der Waals surface area contributed by atoms with E-state index in [1.165, 1.54) is 0 Å². The van der Waals surface area contributed by atoms with E-state index < -0.39 is 12.1 Å². The molecular weight excluding hydrogens is 796 g/mol. The molecule has 4 aromatic carbocycles. The van der Waals surface area contributed by atoms with Crippen molar-refractivity contribution in [1.29, 1.82) is 0 Å². The Kier molecular flexibility index (Phi) is 17.7. The van der Waals surface area contributed by atoms with Gasteiger partial charge < -0.3 is 47.2 Å². The first kappa shape index (κ1) is 47.6. The second-order valence-electron chi connectivity index (χ2n) is 16.4. The van der Waals surface area contributed by atoms with Crippen LogP contribution in [0.1, 0.15) is 136 Å². The lowest BCUT2D eigenvalue weighted by Gasteiger charge is -2.24. The number of fused-ring (bicyclic) bond motifs is 8. The van der Waals surface area contributed by atoms with Gasteiger partial charge in [-0.1, -0.05) is 59.3 Å². The summed E-state index contributed by atoms with van der Waals surface area (Å²) in [6.07, 6.45) is 6.43. The van der Waals surface area contributed by atoms with Gasteiger partial charge in [0.05, 0.1) is 26.4 Å². The zero-order chi connectivity index (χ0) is 44.6. The Labute approximate surface area is 365 Å². The van der Waals surface area contributed by atoms with Gasteiger partial charge in [0, 0.05) is 99.5 Å². The topological polar surface area (TPSA) is 170 Å². The maximum atomic E-state index is 12.4. The van der Waals surface area contributed by atoms with Gasteiger partial charge >= 0.3 is 12.1 Å². The summed E-state index contributed by atoms with van der Waals surface area (Å²) in [6.45, 7) is 8.35. The summed E-state index contributed by atoms with van der Waals surface area (Å²) >= 11 is 0. The smallest absolute Gasteiger partial charge is 0.471 e. The number of hydrogen-bond donors (Lipinski definition) is 5. The molecule has 0 radical (unpaired) electrons. The van der Waals surface area contributed by atoms with Crippen molar-refractivity contribution < 1.29 is 36.9 Å². The molecule has 1 aliphatic rings. The molecule has 0 saturated carbocycles. The number of benzene rings is 4. The highest BCUT2D eigenvalue weighted by Crippen LogP contribution is 2.42. The molecule has 1 aliphatic carbocycles. The predicted molar refractivity (Wildman–Crippen MR) is 243 cm³/mol. The third kappa shape index (κ3) is 13.5. The van der Waals surface area contributed by atoms with E-state index in [9.17, 15) is 18.0 Å². The number of hydrogen-bond acceptors (Lipinski definition) is 9. The van der Waals surface area contributed by atoms with Gasteiger partial charge in [0.25, 0.3) is 0 Å². The number of alkyl halides is 3. The number of ether oxygens (including phenoxy) is 4. The number of carbonyl (C=O) groups excluding carboxylic acids is 1. The Morgan fingerprint density at radius 1 is 0.468 bits per heavy atom. The molecule has 338 valence electrons. The third-order valence-corrected chi connectivity index (χ3v) is 10.8. The molecule has 5 rings (SSSR count). The zero-order valence-electron chi connectivity index (χ0n) is 36.7. The van der Waals surface area contributed by atoms with Crippen molar-refractivity contribution in [3.05, 3.63) is 93.0 Å². The summed E-state index contributed by atoms with van der Waals surface area (Å²) in [5.74, 6) is 1.20. The fraction of sp³-hybridized carbons (Fsp3) is 0.490. The van der Waals surface area contributed by atoms with Gasteiger partial charge in [-0.2, -0.15) is 13.2 Å². The average Bonchev–Trinajstić information content (AvgIpc) is 3.20. The van der Waals surface area contributed by atoms with Gasteiger partial charge in [-0.15, -0.1) is 0 Å². The van der Waals surface area contributed by atoms with Crippen molar-refractivity contribution in [3.8, 4) is 23.0 Å². The van der Waals surface area contributed by atoms with E-state index in [0.717, 1.165) is 132 Å². The zero-order valence-corrected chi connectivity index (χ0v) is 36.7. The molecule has 13 heteroatoms. The monoisotopic (exact) mass is 862 g/mol. The van der Waals surface area contributed by atoms with Crippen LogP contribution in [0.5, 0.6) is 23.0 Å². The molecule has 0 aromatic heterocycles. The van der Waals surface area contributed by atoms with Crippen molar-refractivity contribution in [2.45, 2.75) is 123 Å². The molecule has 8 bridgehead atoms. The molecule has 4 aromatic rings. The predicted octanol–water partition coefficient (Wildman–Crippen LogP) is 10.2. The van der Waals surface area contributed by atoms with Crippen molar-refractivity contribution in [1.82, 2.24) is 5.32 Å². The summed E-state index contributed by atoms with van der Waals surface area (Å²) in [4.78, 5) is 11.0. The van der Waals surface area contributed by atoms with E-state index in [1.54, 1.807) is 0 Å². The number of rotatable bonds is 21. The lowest BCUT2D eigenvalue weighted by atomic mass is 9.90. The number of amides is 1. The summed E-state index contributed by atoms with van der Waals surface area (Å²) in [5, 5.41) is 1.93. The van der Waals surface area contributed by atoms with Gasteiger partial charge in [0.2, 0.25) is 0 Å². The number of carbonyl (C=O) groups is 1. The first-order valence-electron chi connectivity index (χ1n) is 22.3. The highest BCUT2D eigenvalue weighted by Gasteiger charge is 2.38. The van der Waals surface area contributed by atoms with Crippen LogP contribution in [-0.4, -0.2) is 45.1 Å². The molecule has 62 heavy (non-hydrogen) atoms. The molecular formula is C49H66F3N5O5. The van der Waals surface area contributed by atoms with Crippen LogP contribution in [0.15, 0.2) is 48.5 Å². The first-order chi connectivity index (χ1) is 29.8. The maximum absolute atomic E-state index is 12.4. The molecule has 0 atom stereocenters. The fourth-order valence-electron chi connectivity index (χ4n) is 8.11. The summed E-state index contributed by atoms with van der Waals surface area (Å²) < 4.78 is 63.7. The van der Waals surface area contributed by atoms with Gasteiger partial charge in [-0.25, -0.2) is 0 Å². The molecule has 0 heterocycles. The number of nitrogen functional groups attached to an aromatic ring is 4. The Morgan fingerprint density at radius 3 is 1.00 bits per heavy atom. The highest BCUT2D eigenvalue weighted by molar-refractivity contribution is 5.81. The lowest BCUT2D eigenvalue weighted by Crippen LogP contribution is -2.37. The SMILES string of the molecule is CCCOc1c2cc(N)cc1Cc1cc(N)cc(c1OCCC)Cc1cc(N)cc(c1OCCCCCCCCCCNC(=O)C(F)(F)F)Cc1cc(N)cc(c1OCCC)C2. The first-order valence-corrected chi connectivity index (χ1v) is 22.3. The van der Waals surface area contributed by atoms with E-state index in [0.29, 0.717) is 81.3 Å². The number of nitrogens with two attached hydrogens (primary N) is 4. The van der Waals surface area contributed by atoms with E-state index in [1.807, 2.05) is 53.8 Å². The molecule has 0 saturated heterocycles. The number of unbranched alkanes of at least 4 members (excludes halogenated alkanes) is 7. The number of nitrogens with one attached hydrogen (secondary N) is 1. The quantitative estimate of drug-likeness (QED) is 0.0356. The van der Waals surface area contributed by atoms with Crippen LogP contribution in [0.25, 0.3) is 0 Å². The molecule has 1 amide bonds. The molecule has 10 nitrogen and oxygen atoms in total. The van der Waals surface area contributed by atoms with Gasteiger partial charge in [-0.3, -0.25) is 4.79 Å². The van der Waals surface area contributed by atoms with Crippen LogP contribution in [0.3, 0.4) is 0 Å². The molecule has 9 N–H and O–H groups in total. The number of anilines is 4. The average molecular weight is 862 g/mol. The lowest BCUT2D eigenvalue weighted by molar-refractivity contribution is -0.173. The summed E-state index contributed by atoms with van der Waals surface area (Å²) in [5.41, 5.74) is 36.6. The Hall–Kier alpha value is -5.46. The van der Waals surface area contributed by atoms with Crippen molar-refractivity contribution in [3.63, 3.8) is 0 Å². The largest absolute Gasteiger partial charge is 0.493 e. The van der Waals surface area contributed by atoms with E-state index >= 15 is 0 Å². The fourth-order valence-corrected chi connectivity index (χ4v) is 8.11. The van der Waals surface area contributed by atoms with Crippen LogP contribution in [-0.2, 0) is 30.5 Å². The Balaban J connectivity index is 1.48. The summed E-state index contributed by atoms with van der Waals surface area (Å²) in [6, 6.07) is 15.8. The van der Waals surface area contributed by atoms with Crippen molar-refractivity contribution in [2.75, 3.05) is 55.9 Å². The third-order valence-electron chi connectivity index (χ3n) is 10.8. The van der Waals surface area contributed by atoms with Crippen LogP contribution >= 0.6 is 0 Å². The number of halogens is 3. The van der Waals surface area contributed by atoms with Crippen molar-refractivity contribution in [2.24, 2.45) is 0 Å². The normalized spacial score (nSPS) is 12.5. The van der Waals surface area contributed by atoms with Crippen LogP contribution in [0, 0.1) is 0 Å². The van der Waals surface area contributed by atoms with Gasteiger partial charge in [0.15, 0.2) is 0 Å². The highest BCUT2D eigenvalue weighted by atomic mass is 19.4. The Bertz CT molecular complexity index is 2000. The van der Waals surface area contributed by atoms with Gasteiger partial charge in [0.1, 0.15) is 23.0 Å². The second-order valence-corrected chi connectivity index (χ2v) is 16.4. The minimum atomic E-state index is -4.84.